The fourth-order valence-electron chi connectivity index (χ4n) is 3.46. The van der Waals surface area contributed by atoms with Gasteiger partial charge in [-0.1, -0.05) is 36.4 Å². The number of anilines is 2. The summed E-state index contributed by atoms with van der Waals surface area (Å²) in [5.41, 5.74) is 7.23. The molecule has 2 nitrogen and oxygen atoms in total. The summed E-state index contributed by atoms with van der Waals surface area (Å²) in [7, 11) is 0. The number of aryl methyl sites for hydroxylation is 1. The third kappa shape index (κ3) is 1.96. The fourth-order valence-corrected chi connectivity index (χ4v) is 3.46. The molecule has 2 aromatic rings. The second kappa shape index (κ2) is 4.86. The molecule has 0 aliphatic carbocycles. The van der Waals surface area contributed by atoms with Crippen molar-refractivity contribution in [2.75, 3.05) is 23.3 Å². The van der Waals surface area contributed by atoms with Crippen molar-refractivity contribution in [3.05, 3.63) is 59.2 Å². The molecule has 0 bridgehead atoms. The summed E-state index contributed by atoms with van der Waals surface area (Å²) in [6, 6.07) is 15.6. The monoisotopic (exact) mass is 264 g/mol. The van der Waals surface area contributed by atoms with Crippen molar-refractivity contribution in [3.8, 4) is 0 Å². The highest BCUT2D eigenvalue weighted by Crippen LogP contribution is 2.35. The number of para-hydroxylation sites is 1. The molecule has 0 amide bonds. The van der Waals surface area contributed by atoms with Crippen LogP contribution in [0.15, 0.2) is 42.5 Å². The van der Waals surface area contributed by atoms with Gasteiger partial charge >= 0.3 is 0 Å². The first-order valence-corrected chi connectivity index (χ1v) is 7.59. The van der Waals surface area contributed by atoms with Crippen LogP contribution in [0, 0.1) is 0 Å². The molecule has 0 saturated carbocycles. The van der Waals surface area contributed by atoms with Crippen LogP contribution in [-0.2, 0) is 19.4 Å². The number of rotatable bonds is 1. The number of hydrogen-bond acceptors (Lipinski definition) is 2. The number of fused-ring (bicyclic) bond motifs is 2. The van der Waals surface area contributed by atoms with Gasteiger partial charge in [0, 0.05) is 19.6 Å². The van der Waals surface area contributed by atoms with Crippen molar-refractivity contribution in [1.29, 1.82) is 0 Å². The molecule has 0 radical (unpaired) electrons. The lowest BCUT2D eigenvalue weighted by molar-refractivity contribution is 0.728. The van der Waals surface area contributed by atoms with Gasteiger partial charge in [0.05, 0.1) is 11.4 Å². The minimum absolute atomic E-state index is 1.04. The van der Waals surface area contributed by atoms with Gasteiger partial charge in [0.2, 0.25) is 0 Å². The van der Waals surface area contributed by atoms with Crippen LogP contribution in [0.5, 0.6) is 0 Å². The second-order valence-electron chi connectivity index (χ2n) is 5.78. The van der Waals surface area contributed by atoms with Crippen LogP contribution in [0.1, 0.15) is 23.1 Å². The van der Waals surface area contributed by atoms with Gasteiger partial charge in [-0.25, -0.2) is 0 Å². The predicted molar refractivity (Wildman–Crippen MR) is 84.4 cm³/mol. The first-order valence-electron chi connectivity index (χ1n) is 7.59. The summed E-state index contributed by atoms with van der Waals surface area (Å²) in [5, 5.41) is 3.61. The van der Waals surface area contributed by atoms with E-state index >= 15 is 0 Å². The van der Waals surface area contributed by atoms with Crippen molar-refractivity contribution in [3.63, 3.8) is 0 Å². The first-order chi connectivity index (χ1) is 9.92. The average Bonchev–Trinajstić information content (AvgIpc) is 2.54. The van der Waals surface area contributed by atoms with E-state index in [9.17, 15) is 0 Å². The standard InChI is InChI=1S/C18H20N2/c1-2-6-16-13-20(12-10-14(16)5-1)17-9-3-7-15-8-4-11-19-18(15)17/h1-3,5-7,9,19H,4,8,10-13H2. The Hall–Kier alpha value is -1.96. The maximum absolute atomic E-state index is 3.61. The van der Waals surface area contributed by atoms with Crippen molar-refractivity contribution in [1.82, 2.24) is 0 Å². The molecule has 0 fully saturated rings. The van der Waals surface area contributed by atoms with Crippen LogP contribution in [0.3, 0.4) is 0 Å². The lowest BCUT2D eigenvalue weighted by Crippen LogP contribution is -2.31. The van der Waals surface area contributed by atoms with Crippen molar-refractivity contribution >= 4 is 11.4 Å². The van der Waals surface area contributed by atoms with Crippen LogP contribution in [0.4, 0.5) is 11.4 Å². The number of nitrogens with zero attached hydrogens (tertiary/aromatic N) is 1. The SMILES string of the molecule is c1ccc2c(c1)CCN(c1cccc3c1NCCC3)C2. The van der Waals surface area contributed by atoms with E-state index in [2.05, 4.69) is 52.7 Å². The normalized spacial score (nSPS) is 17.1. The Kier molecular flexibility index (Phi) is 2.87. The Morgan fingerprint density at radius 3 is 2.65 bits per heavy atom. The molecular weight excluding hydrogens is 244 g/mol. The number of benzene rings is 2. The summed E-state index contributed by atoms with van der Waals surface area (Å²) in [5.74, 6) is 0. The molecule has 2 aromatic carbocycles. The lowest BCUT2D eigenvalue weighted by Gasteiger charge is -2.34. The third-order valence-corrected chi connectivity index (χ3v) is 4.52. The molecule has 0 aromatic heterocycles. The molecule has 1 N–H and O–H groups in total. The average molecular weight is 264 g/mol. The van der Waals surface area contributed by atoms with Gasteiger partial charge in [-0.3, -0.25) is 0 Å². The summed E-state index contributed by atoms with van der Waals surface area (Å²) in [6.07, 6.45) is 3.61. The smallest absolute Gasteiger partial charge is 0.0610 e. The second-order valence-corrected chi connectivity index (χ2v) is 5.78. The minimum Gasteiger partial charge on any atom is -0.383 e. The Bertz CT molecular complexity index is 633. The van der Waals surface area contributed by atoms with Gasteiger partial charge < -0.3 is 10.2 Å². The van der Waals surface area contributed by atoms with E-state index in [1.54, 1.807) is 0 Å². The Morgan fingerprint density at radius 1 is 0.850 bits per heavy atom. The highest BCUT2D eigenvalue weighted by molar-refractivity contribution is 5.75. The van der Waals surface area contributed by atoms with Gasteiger partial charge in [-0.2, -0.15) is 0 Å². The van der Waals surface area contributed by atoms with Crippen LogP contribution < -0.4 is 10.2 Å². The van der Waals surface area contributed by atoms with E-state index < -0.39 is 0 Å². The highest BCUT2D eigenvalue weighted by Gasteiger charge is 2.20. The topological polar surface area (TPSA) is 15.3 Å². The zero-order valence-electron chi connectivity index (χ0n) is 11.7. The predicted octanol–water partition coefficient (Wildman–Crippen LogP) is 3.61. The van der Waals surface area contributed by atoms with E-state index in [-0.39, 0.29) is 0 Å². The molecule has 2 aliphatic heterocycles. The Labute approximate surface area is 120 Å². The molecule has 102 valence electrons. The first kappa shape index (κ1) is 11.8. The van der Waals surface area contributed by atoms with E-state index in [0.717, 1.165) is 26.1 Å². The minimum atomic E-state index is 1.04. The van der Waals surface area contributed by atoms with Gasteiger partial charge in [0.25, 0.3) is 0 Å². The van der Waals surface area contributed by atoms with Crippen molar-refractivity contribution in [2.45, 2.75) is 25.8 Å². The fraction of sp³-hybridized carbons (Fsp3) is 0.333. The van der Waals surface area contributed by atoms with Crippen molar-refractivity contribution in [2.24, 2.45) is 0 Å². The summed E-state index contributed by atoms with van der Waals surface area (Å²) < 4.78 is 0. The number of hydrogen-bond donors (Lipinski definition) is 1. The van der Waals surface area contributed by atoms with Crippen molar-refractivity contribution < 1.29 is 0 Å². The lowest BCUT2D eigenvalue weighted by atomic mass is 9.97. The summed E-state index contributed by atoms with van der Waals surface area (Å²) in [6.45, 7) is 3.26. The largest absolute Gasteiger partial charge is 0.383 e. The molecule has 2 heteroatoms. The summed E-state index contributed by atoms with van der Waals surface area (Å²) in [4.78, 5) is 2.53. The third-order valence-electron chi connectivity index (χ3n) is 4.52. The molecule has 0 atom stereocenters. The maximum atomic E-state index is 3.61. The Morgan fingerprint density at radius 2 is 1.70 bits per heavy atom. The van der Waals surface area contributed by atoms with E-state index in [1.807, 2.05) is 0 Å². The van der Waals surface area contributed by atoms with Crippen LogP contribution in [0.2, 0.25) is 0 Å². The van der Waals surface area contributed by atoms with Gasteiger partial charge in [-0.15, -0.1) is 0 Å². The number of nitrogens with one attached hydrogen (secondary N) is 1. The zero-order valence-corrected chi connectivity index (χ0v) is 11.7. The van der Waals surface area contributed by atoms with E-state index in [1.165, 1.54) is 40.9 Å². The van der Waals surface area contributed by atoms with Gasteiger partial charge in [-0.05, 0) is 42.0 Å². The van der Waals surface area contributed by atoms with Gasteiger partial charge in [0.15, 0.2) is 0 Å². The molecule has 4 rings (SSSR count). The molecule has 0 saturated heterocycles. The maximum Gasteiger partial charge on any atom is 0.0610 e. The molecule has 20 heavy (non-hydrogen) atoms. The molecular formula is C18H20N2. The van der Waals surface area contributed by atoms with E-state index in [4.69, 9.17) is 0 Å². The highest BCUT2D eigenvalue weighted by atomic mass is 15.2. The van der Waals surface area contributed by atoms with Crippen LogP contribution in [-0.4, -0.2) is 13.1 Å². The quantitative estimate of drug-likeness (QED) is 0.846. The van der Waals surface area contributed by atoms with E-state index in [0.29, 0.717) is 0 Å². The zero-order chi connectivity index (χ0) is 13.4. The molecule has 2 heterocycles. The van der Waals surface area contributed by atoms with Crippen LogP contribution >= 0.6 is 0 Å². The van der Waals surface area contributed by atoms with Crippen LogP contribution in [0.25, 0.3) is 0 Å². The Balaban J connectivity index is 1.70. The molecule has 0 unspecified atom stereocenters. The summed E-state index contributed by atoms with van der Waals surface area (Å²) >= 11 is 0. The molecule has 0 spiro atoms. The molecule has 2 aliphatic rings. The van der Waals surface area contributed by atoms with Gasteiger partial charge in [0.1, 0.15) is 0 Å².